The lowest BCUT2D eigenvalue weighted by Gasteiger charge is -2.25. The fraction of sp³-hybridized carbons (Fsp3) is 0.533. The van der Waals surface area contributed by atoms with Crippen molar-refractivity contribution < 1.29 is 9.53 Å². The average molecular weight is 260 g/mol. The molecule has 0 spiro atoms. The van der Waals surface area contributed by atoms with Crippen molar-refractivity contribution in [1.29, 1.82) is 0 Å². The molecule has 0 aliphatic carbocycles. The largest absolute Gasteiger partial charge is 0.382 e. The number of fused-ring (bicyclic) bond motifs is 1. The Morgan fingerprint density at radius 2 is 2.21 bits per heavy atom. The molecule has 1 aromatic rings. The van der Waals surface area contributed by atoms with Crippen molar-refractivity contribution in [2.45, 2.75) is 19.4 Å². The zero-order valence-corrected chi connectivity index (χ0v) is 11.3. The van der Waals surface area contributed by atoms with Gasteiger partial charge in [-0.25, -0.2) is 0 Å². The van der Waals surface area contributed by atoms with E-state index in [1.54, 1.807) is 0 Å². The Bertz CT molecular complexity index is 481. The first-order valence-electron chi connectivity index (χ1n) is 6.95. The summed E-state index contributed by atoms with van der Waals surface area (Å²) in [6.45, 7) is 5.85. The Balaban J connectivity index is 1.68. The third-order valence-electron chi connectivity index (χ3n) is 3.83. The van der Waals surface area contributed by atoms with Gasteiger partial charge < -0.3 is 10.1 Å². The van der Waals surface area contributed by atoms with Crippen molar-refractivity contribution >= 4 is 11.5 Å². The Morgan fingerprint density at radius 1 is 1.42 bits per heavy atom. The molecule has 1 saturated heterocycles. The number of hydrogen-bond acceptors (Lipinski definition) is 4. The Kier molecular flexibility index (Phi) is 3.53. The van der Waals surface area contributed by atoms with Crippen molar-refractivity contribution in [3.63, 3.8) is 0 Å². The number of ketones is 1. The summed E-state index contributed by atoms with van der Waals surface area (Å²) in [4.78, 5) is 14.5. The van der Waals surface area contributed by atoms with Gasteiger partial charge in [-0.1, -0.05) is 0 Å². The number of ether oxygens (including phenoxy) is 1. The van der Waals surface area contributed by atoms with Gasteiger partial charge in [-0.05, 0) is 37.1 Å². The molecule has 1 unspecified atom stereocenters. The fourth-order valence-electron chi connectivity index (χ4n) is 2.78. The molecule has 4 nitrogen and oxygen atoms in total. The third kappa shape index (κ3) is 2.80. The molecular weight excluding hydrogens is 240 g/mol. The van der Waals surface area contributed by atoms with Crippen LogP contribution in [-0.4, -0.2) is 49.6 Å². The van der Waals surface area contributed by atoms with Crippen LogP contribution in [0.3, 0.4) is 0 Å². The molecule has 0 aromatic heterocycles. The molecule has 0 amide bonds. The predicted octanol–water partition coefficient (Wildman–Crippen LogP) is 1.56. The van der Waals surface area contributed by atoms with Crippen LogP contribution in [0.4, 0.5) is 5.69 Å². The minimum atomic E-state index is 0.212. The minimum Gasteiger partial charge on any atom is -0.382 e. The van der Waals surface area contributed by atoms with Gasteiger partial charge in [-0.2, -0.15) is 0 Å². The van der Waals surface area contributed by atoms with Crippen LogP contribution in [0.25, 0.3) is 0 Å². The van der Waals surface area contributed by atoms with E-state index >= 15 is 0 Å². The average Bonchev–Trinajstić information content (AvgIpc) is 2.78. The normalized spacial score (nSPS) is 22.9. The zero-order chi connectivity index (χ0) is 13.2. The topological polar surface area (TPSA) is 41.6 Å². The molecule has 4 heteroatoms. The SMILES string of the molecule is CC1Cc2cc(C(=O)CN3CCOCC3)ccc2N1. The molecule has 3 rings (SSSR count). The van der Waals surface area contributed by atoms with Crippen LogP contribution >= 0.6 is 0 Å². The van der Waals surface area contributed by atoms with E-state index in [4.69, 9.17) is 4.74 Å². The van der Waals surface area contributed by atoms with Crippen LogP contribution in [0.2, 0.25) is 0 Å². The van der Waals surface area contributed by atoms with E-state index in [0.29, 0.717) is 12.6 Å². The maximum Gasteiger partial charge on any atom is 0.176 e. The Labute approximate surface area is 113 Å². The Morgan fingerprint density at radius 3 is 3.00 bits per heavy atom. The molecule has 1 fully saturated rings. The number of hydrogen-bond donors (Lipinski definition) is 1. The highest BCUT2D eigenvalue weighted by molar-refractivity contribution is 5.98. The van der Waals surface area contributed by atoms with Gasteiger partial charge >= 0.3 is 0 Å². The summed E-state index contributed by atoms with van der Waals surface area (Å²) in [6.07, 6.45) is 1.01. The van der Waals surface area contributed by atoms with Gasteiger partial charge in [0.2, 0.25) is 0 Å². The third-order valence-corrected chi connectivity index (χ3v) is 3.83. The molecule has 102 valence electrons. The van der Waals surface area contributed by atoms with Gasteiger partial charge in [0.1, 0.15) is 0 Å². The number of Topliss-reactive ketones (excluding diaryl/α,β-unsaturated/α-hetero) is 1. The molecule has 1 N–H and O–H groups in total. The summed E-state index contributed by atoms with van der Waals surface area (Å²) in [5, 5.41) is 3.41. The first kappa shape index (κ1) is 12.6. The lowest BCUT2D eigenvalue weighted by atomic mass is 10.0. The van der Waals surface area contributed by atoms with E-state index in [1.807, 2.05) is 12.1 Å². The van der Waals surface area contributed by atoms with E-state index in [9.17, 15) is 4.79 Å². The predicted molar refractivity (Wildman–Crippen MR) is 74.8 cm³/mol. The number of benzene rings is 1. The summed E-state index contributed by atoms with van der Waals surface area (Å²) in [6, 6.07) is 6.49. The van der Waals surface area contributed by atoms with Crippen molar-refractivity contribution in [3.8, 4) is 0 Å². The van der Waals surface area contributed by atoms with Crippen molar-refractivity contribution in [3.05, 3.63) is 29.3 Å². The number of anilines is 1. The van der Waals surface area contributed by atoms with Crippen molar-refractivity contribution in [2.24, 2.45) is 0 Å². The second-order valence-electron chi connectivity index (χ2n) is 5.43. The molecular formula is C15H20N2O2. The summed E-state index contributed by atoms with van der Waals surface area (Å²) in [5.41, 5.74) is 3.27. The molecule has 0 radical (unpaired) electrons. The number of morpholine rings is 1. The molecule has 1 atom stereocenters. The molecule has 2 aliphatic rings. The molecule has 0 bridgehead atoms. The van der Waals surface area contributed by atoms with Gasteiger partial charge in [0.15, 0.2) is 5.78 Å². The van der Waals surface area contributed by atoms with E-state index in [-0.39, 0.29) is 5.78 Å². The van der Waals surface area contributed by atoms with Crippen LogP contribution in [0.15, 0.2) is 18.2 Å². The van der Waals surface area contributed by atoms with Gasteiger partial charge in [0.25, 0.3) is 0 Å². The first-order valence-corrected chi connectivity index (χ1v) is 6.95. The molecule has 2 aliphatic heterocycles. The van der Waals surface area contributed by atoms with Crippen LogP contribution in [-0.2, 0) is 11.2 Å². The van der Waals surface area contributed by atoms with E-state index < -0.39 is 0 Å². The summed E-state index contributed by atoms with van der Waals surface area (Å²) < 4.78 is 5.30. The highest BCUT2D eigenvalue weighted by Gasteiger charge is 2.20. The fourth-order valence-corrected chi connectivity index (χ4v) is 2.78. The van der Waals surface area contributed by atoms with Gasteiger partial charge in [-0.3, -0.25) is 9.69 Å². The van der Waals surface area contributed by atoms with Crippen LogP contribution in [0.5, 0.6) is 0 Å². The standard InChI is InChI=1S/C15H20N2O2/c1-11-8-13-9-12(2-3-14(13)16-11)15(18)10-17-4-6-19-7-5-17/h2-3,9,11,16H,4-8,10H2,1H3. The van der Waals surface area contributed by atoms with Crippen LogP contribution < -0.4 is 5.32 Å². The van der Waals surface area contributed by atoms with E-state index in [0.717, 1.165) is 38.3 Å². The Hall–Kier alpha value is -1.39. The lowest BCUT2D eigenvalue weighted by molar-refractivity contribution is 0.0371. The van der Waals surface area contributed by atoms with E-state index in [1.165, 1.54) is 11.3 Å². The summed E-state index contributed by atoms with van der Waals surface area (Å²) in [5.74, 6) is 0.212. The summed E-state index contributed by atoms with van der Waals surface area (Å²) >= 11 is 0. The molecule has 19 heavy (non-hydrogen) atoms. The first-order chi connectivity index (χ1) is 9.22. The number of nitrogens with zero attached hydrogens (tertiary/aromatic N) is 1. The number of carbonyl (C=O) groups excluding carboxylic acids is 1. The molecule has 1 aromatic carbocycles. The van der Waals surface area contributed by atoms with Crippen molar-refractivity contribution in [2.75, 3.05) is 38.2 Å². The monoisotopic (exact) mass is 260 g/mol. The second-order valence-corrected chi connectivity index (χ2v) is 5.43. The quantitative estimate of drug-likeness (QED) is 0.837. The molecule has 2 heterocycles. The summed E-state index contributed by atoms with van der Waals surface area (Å²) in [7, 11) is 0. The number of carbonyl (C=O) groups is 1. The second kappa shape index (κ2) is 5.31. The number of rotatable bonds is 3. The van der Waals surface area contributed by atoms with E-state index in [2.05, 4.69) is 23.2 Å². The van der Waals surface area contributed by atoms with Gasteiger partial charge in [0.05, 0.1) is 19.8 Å². The zero-order valence-electron chi connectivity index (χ0n) is 11.3. The van der Waals surface area contributed by atoms with Gasteiger partial charge in [-0.15, -0.1) is 0 Å². The van der Waals surface area contributed by atoms with Crippen LogP contribution in [0, 0.1) is 0 Å². The number of nitrogens with one attached hydrogen (secondary N) is 1. The maximum atomic E-state index is 12.3. The smallest absolute Gasteiger partial charge is 0.176 e. The lowest BCUT2D eigenvalue weighted by Crippen LogP contribution is -2.39. The van der Waals surface area contributed by atoms with Crippen molar-refractivity contribution in [1.82, 2.24) is 4.90 Å². The maximum absolute atomic E-state index is 12.3. The highest BCUT2D eigenvalue weighted by atomic mass is 16.5. The van der Waals surface area contributed by atoms with Crippen LogP contribution in [0.1, 0.15) is 22.8 Å². The highest BCUT2D eigenvalue weighted by Crippen LogP contribution is 2.26. The molecule has 0 saturated carbocycles. The van der Waals surface area contributed by atoms with Gasteiger partial charge in [0, 0.05) is 30.4 Å². The minimum absolute atomic E-state index is 0.212.